The van der Waals surface area contributed by atoms with E-state index in [1.54, 1.807) is 0 Å². The fourth-order valence-corrected chi connectivity index (χ4v) is 3.41. The number of allylic oxidation sites excluding steroid dienone is 2. The van der Waals surface area contributed by atoms with E-state index in [0.717, 1.165) is 54.8 Å². The molecular weight excluding hydrogens is 322 g/mol. The summed E-state index contributed by atoms with van der Waals surface area (Å²) in [6.45, 7) is 10.1. The van der Waals surface area contributed by atoms with Crippen molar-refractivity contribution in [2.45, 2.75) is 46.5 Å². The molecule has 1 saturated carbocycles. The van der Waals surface area contributed by atoms with Gasteiger partial charge in [-0.15, -0.1) is 0 Å². The standard InChI is InChI=1S/C21H33N5/c1-5-26(14-17-9-10-17)12-11-16(3)20(25-22-4)21-23-18-8-6-7-15(2)13-19(18)24-21/h6,8,13,17,22,25H,5,7,9-12,14H2,1-4H3,(H,23,24)/b20-16-. The Morgan fingerprint density at radius 2 is 2.19 bits per heavy atom. The third-order valence-electron chi connectivity index (χ3n) is 5.24. The maximum absolute atomic E-state index is 4.83. The Balaban J connectivity index is 1.76. The van der Waals surface area contributed by atoms with E-state index in [9.17, 15) is 0 Å². The van der Waals surface area contributed by atoms with Crippen LogP contribution in [0.4, 0.5) is 0 Å². The summed E-state index contributed by atoms with van der Waals surface area (Å²) in [5, 5.41) is 0. The Hall–Kier alpha value is -1.85. The molecule has 0 unspecified atom stereocenters. The van der Waals surface area contributed by atoms with E-state index in [4.69, 9.17) is 4.98 Å². The number of hydrazine groups is 1. The SMILES string of the molecule is CCN(CC/C(C)=C(\NNC)c1nc2c([nH]1)C=C(C)CC=C2)CC1CC1. The number of aromatic nitrogens is 2. The molecule has 5 nitrogen and oxygen atoms in total. The van der Waals surface area contributed by atoms with Crippen LogP contribution in [0.25, 0.3) is 17.8 Å². The lowest BCUT2D eigenvalue weighted by molar-refractivity contribution is 0.280. The summed E-state index contributed by atoms with van der Waals surface area (Å²) >= 11 is 0. The number of nitrogens with one attached hydrogen (secondary N) is 3. The fourth-order valence-electron chi connectivity index (χ4n) is 3.41. The van der Waals surface area contributed by atoms with Crippen LogP contribution in [0.3, 0.4) is 0 Å². The van der Waals surface area contributed by atoms with Crippen LogP contribution in [0.1, 0.15) is 63.7 Å². The Kier molecular flexibility index (Phi) is 6.33. The third kappa shape index (κ3) is 4.86. The molecular formula is C21H33N5. The first-order valence-corrected chi connectivity index (χ1v) is 9.89. The van der Waals surface area contributed by atoms with Crippen LogP contribution in [0, 0.1) is 5.92 Å². The van der Waals surface area contributed by atoms with E-state index in [-0.39, 0.29) is 0 Å². The van der Waals surface area contributed by atoms with E-state index in [1.165, 1.54) is 30.5 Å². The number of H-pyrrole nitrogens is 1. The Morgan fingerprint density at radius 3 is 2.88 bits per heavy atom. The zero-order chi connectivity index (χ0) is 18.5. The Labute approximate surface area is 157 Å². The summed E-state index contributed by atoms with van der Waals surface area (Å²) in [4.78, 5) is 10.9. The number of hydrogen-bond acceptors (Lipinski definition) is 4. The van der Waals surface area contributed by atoms with Gasteiger partial charge in [0.15, 0.2) is 5.82 Å². The van der Waals surface area contributed by atoms with Gasteiger partial charge in [0.2, 0.25) is 0 Å². The lowest BCUT2D eigenvalue weighted by Gasteiger charge is -2.21. The van der Waals surface area contributed by atoms with E-state index in [0.29, 0.717) is 0 Å². The van der Waals surface area contributed by atoms with Crippen LogP contribution in [-0.2, 0) is 0 Å². The lowest BCUT2D eigenvalue weighted by Crippen LogP contribution is -2.29. The van der Waals surface area contributed by atoms with Gasteiger partial charge >= 0.3 is 0 Å². The number of imidazole rings is 1. The summed E-state index contributed by atoms with van der Waals surface area (Å²) in [5.74, 6) is 1.85. The molecule has 1 fully saturated rings. The van der Waals surface area contributed by atoms with Crippen molar-refractivity contribution < 1.29 is 0 Å². The molecule has 0 aromatic carbocycles. The molecule has 0 amide bonds. The van der Waals surface area contributed by atoms with Crippen LogP contribution >= 0.6 is 0 Å². The van der Waals surface area contributed by atoms with Gasteiger partial charge in [-0.3, -0.25) is 0 Å². The van der Waals surface area contributed by atoms with Crippen molar-refractivity contribution in [3.05, 3.63) is 34.4 Å². The summed E-state index contributed by atoms with van der Waals surface area (Å²) in [5.41, 5.74) is 12.2. The zero-order valence-corrected chi connectivity index (χ0v) is 16.7. The largest absolute Gasteiger partial charge is 0.337 e. The molecule has 0 atom stereocenters. The highest BCUT2D eigenvalue weighted by Gasteiger charge is 2.23. The van der Waals surface area contributed by atoms with Gasteiger partial charge in [0.05, 0.1) is 17.1 Å². The minimum absolute atomic E-state index is 0.905. The Bertz CT molecular complexity index is 706. The van der Waals surface area contributed by atoms with Crippen molar-refractivity contribution in [2.75, 3.05) is 26.7 Å². The third-order valence-corrected chi connectivity index (χ3v) is 5.24. The summed E-state index contributed by atoms with van der Waals surface area (Å²) in [6.07, 6.45) is 11.4. The quantitative estimate of drug-likeness (QED) is 0.590. The highest BCUT2D eigenvalue weighted by Crippen LogP contribution is 2.30. The van der Waals surface area contributed by atoms with Gasteiger partial charge in [-0.1, -0.05) is 18.6 Å². The smallest absolute Gasteiger partial charge is 0.155 e. The predicted molar refractivity (Wildman–Crippen MR) is 110 cm³/mol. The van der Waals surface area contributed by atoms with Crippen LogP contribution < -0.4 is 10.9 Å². The molecule has 1 heterocycles. The first-order valence-electron chi connectivity index (χ1n) is 9.89. The molecule has 5 heteroatoms. The van der Waals surface area contributed by atoms with Gasteiger partial charge in [-0.05, 0) is 69.7 Å². The maximum atomic E-state index is 4.83. The van der Waals surface area contributed by atoms with Gasteiger partial charge in [0.25, 0.3) is 0 Å². The van der Waals surface area contributed by atoms with Gasteiger partial charge in [-0.2, -0.15) is 0 Å². The first-order chi connectivity index (χ1) is 12.6. The van der Waals surface area contributed by atoms with Crippen molar-refractivity contribution in [2.24, 2.45) is 5.92 Å². The lowest BCUT2D eigenvalue weighted by atomic mass is 10.1. The molecule has 3 N–H and O–H groups in total. The molecule has 1 aromatic heterocycles. The highest BCUT2D eigenvalue weighted by molar-refractivity contribution is 5.69. The number of hydrogen-bond donors (Lipinski definition) is 3. The van der Waals surface area contributed by atoms with Gasteiger partial charge in [0.1, 0.15) is 0 Å². The first kappa shape index (κ1) is 18.9. The molecule has 2 aliphatic rings. The second-order valence-corrected chi connectivity index (χ2v) is 7.60. The zero-order valence-electron chi connectivity index (χ0n) is 16.7. The summed E-state index contributed by atoms with van der Waals surface area (Å²) in [7, 11) is 1.90. The minimum Gasteiger partial charge on any atom is -0.337 e. The average molecular weight is 356 g/mol. The second-order valence-electron chi connectivity index (χ2n) is 7.60. The number of rotatable bonds is 9. The van der Waals surface area contributed by atoms with E-state index < -0.39 is 0 Å². The molecule has 0 saturated heterocycles. The topological polar surface area (TPSA) is 56.0 Å². The van der Waals surface area contributed by atoms with Gasteiger partial charge in [0, 0.05) is 20.1 Å². The van der Waals surface area contributed by atoms with Crippen molar-refractivity contribution in [1.29, 1.82) is 0 Å². The monoisotopic (exact) mass is 355 g/mol. The Morgan fingerprint density at radius 1 is 1.38 bits per heavy atom. The van der Waals surface area contributed by atoms with Crippen LogP contribution in [0.5, 0.6) is 0 Å². The molecule has 0 radical (unpaired) electrons. The van der Waals surface area contributed by atoms with E-state index in [2.05, 4.69) is 59.7 Å². The second kappa shape index (κ2) is 8.69. The van der Waals surface area contributed by atoms with Crippen LogP contribution in [0.15, 0.2) is 17.2 Å². The molecule has 26 heavy (non-hydrogen) atoms. The summed E-state index contributed by atoms with van der Waals surface area (Å²) < 4.78 is 0. The maximum Gasteiger partial charge on any atom is 0.155 e. The normalized spacial score (nSPS) is 17.7. The van der Waals surface area contributed by atoms with Gasteiger partial charge in [-0.25, -0.2) is 10.4 Å². The van der Waals surface area contributed by atoms with E-state index >= 15 is 0 Å². The molecule has 0 spiro atoms. The predicted octanol–water partition coefficient (Wildman–Crippen LogP) is 3.81. The average Bonchev–Trinajstić information content (AvgIpc) is 3.39. The van der Waals surface area contributed by atoms with Crippen molar-refractivity contribution in [3.8, 4) is 0 Å². The van der Waals surface area contributed by atoms with Crippen molar-refractivity contribution >= 4 is 17.8 Å². The number of aromatic amines is 1. The van der Waals surface area contributed by atoms with Crippen molar-refractivity contribution in [3.63, 3.8) is 0 Å². The number of nitrogens with zero attached hydrogens (tertiary/aromatic N) is 2. The molecule has 2 aliphatic carbocycles. The van der Waals surface area contributed by atoms with Crippen LogP contribution in [0.2, 0.25) is 0 Å². The van der Waals surface area contributed by atoms with E-state index in [1.807, 2.05) is 7.05 Å². The molecule has 0 bridgehead atoms. The minimum atomic E-state index is 0.905. The van der Waals surface area contributed by atoms with Crippen LogP contribution in [-0.4, -0.2) is 41.5 Å². The van der Waals surface area contributed by atoms with Crippen molar-refractivity contribution in [1.82, 2.24) is 25.7 Å². The molecule has 1 aromatic rings. The summed E-state index contributed by atoms with van der Waals surface area (Å²) in [6, 6.07) is 0. The van der Waals surface area contributed by atoms with Gasteiger partial charge < -0.3 is 15.3 Å². The molecule has 3 rings (SSSR count). The molecule has 0 aliphatic heterocycles. The highest BCUT2D eigenvalue weighted by atomic mass is 15.3. The molecule has 142 valence electrons. The number of fused-ring (bicyclic) bond motifs is 1. The fraction of sp³-hybridized carbons (Fsp3) is 0.571.